The monoisotopic (exact) mass is 283 g/mol. The van der Waals surface area contributed by atoms with E-state index in [1.54, 1.807) is 0 Å². The lowest BCUT2D eigenvalue weighted by Gasteiger charge is -2.30. The molecule has 1 aliphatic rings. The van der Waals surface area contributed by atoms with Gasteiger partial charge in [0.25, 0.3) is 0 Å². The molecule has 3 N–H and O–H groups in total. The largest absolute Gasteiger partial charge is 0.506 e. The number of hydrogen-bond acceptors (Lipinski definition) is 2. The average Bonchev–Trinajstić information content (AvgIpc) is 2.74. The molecule has 1 aliphatic carbocycles. The summed E-state index contributed by atoms with van der Waals surface area (Å²) >= 11 is 3.39. The number of nitrogens with two attached hydrogens (primary N) is 1. The van der Waals surface area contributed by atoms with Crippen molar-refractivity contribution < 1.29 is 5.11 Å². The van der Waals surface area contributed by atoms with Crippen molar-refractivity contribution in [2.45, 2.75) is 38.0 Å². The number of rotatable bonds is 2. The van der Waals surface area contributed by atoms with E-state index < -0.39 is 0 Å². The summed E-state index contributed by atoms with van der Waals surface area (Å²) in [6.07, 6.45) is 4.61. The molecule has 88 valence electrons. The van der Waals surface area contributed by atoms with Crippen LogP contribution in [0.3, 0.4) is 0 Å². The Hall–Kier alpha value is -0.540. The third kappa shape index (κ3) is 1.76. The molecule has 0 aromatic heterocycles. The van der Waals surface area contributed by atoms with E-state index in [-0.39, 0.29) is 5.41 Å². The lowest BCUT2D eigenvalue weighted by Crippen LogP contribution is -2.32. The first-order chi connectivity index (χ1) is 7.60. The highest BCUT2D eigenvalue weighted by Crippen LogP contribution is 2.47. The second-order valence-electron chi connectivity index (χ2n) is 4.78. The van der Waals surface area contributed by atoms with Gasteiger partial charge in [-0.2, -0.15) is 0 Å². The molecule has 16 heavy (non-hydrogen) atoms. The summed E-state index contributed by atoms with van der Waals surface area (Å²) in [6.45, 7) is 2.68. The highest BCUT2D eigenvalue weighted by atomic mass is 79.9. The van der Waals surface area contributed by atoms with Crippen LogP contribution in [-0.4, -0.2) is 11.7 Å². The summed E-state index contributed by atoms with van der Waals surface area (Å²) < 4.78 is 0.771. The predicted octanol–water partition coefficient (Wildman–Crippen LogP) is 3.23. The van der Waals surface area contributed by atoms with Crippen LogP contribution in [0.25, 0.3) is 0 Å². The van der Waals surface area contributed by atoms with Crippen molar-refractivity contribution in [1.29, 1.82) is 0 Å². The molecular weight excluding hydrogens is 266 g/mol. The Bertz CT molecular complexity index is 397. The maximum Gasteiger partial charge on any atom is 0.133 e. The summed E-state index contributed by atoms with van der Waals surface area (Å²) in [5.74, 6) is 0.382. The van der Waals surface area contributed by atoms with Crippen LogP contribution in [0.15, 0.2) is 16.6 Å². The van der Waals surface area contributed by atoms with Crippen LogP contribution >= 0.6 is 15.9 Å². The first-order valence-corrected chi connectivity index (χ1v) is 6.59. The molecule has 1 aromatic rings. The summed E-state index contributed by atoms with van der Waals surface area (Å²) in [7, 11) is 0. The minimum atomic E-state index is -0.00204. The predicted molar refractivity (Wildman–Crippen MR) is 69.7 cm³/mol. The molecule has 0 bridgehead atoms. The van der Waals surface area contributed by atoms with Crippen LogP contribution in [0, 0.1) is 6.92 Å². The highest BCUT2D eigenvalue weighted by Gasteiger charge is 2.37. The fraction of sp³-hybridized carbons (Fsp3) is 0.538. The van der Waals surface area contributed by atoms with Gasteiger partial charge in [-0.05, 0) is 47.3 Å². The lowest BCUT2D eigenvalue weighted by molar-refractivity contribution is 0.402. The van der Waals surface area contributed by atoms with E-state index in [1.165, 1.54) is 12.8 Å². The number of aromatic hydroxyl groups is 1. The molecule has 0 aliphatic heterocycles. The molecular formula is C13H18BrNO. The minimum absolute atomic E-state index is 0.00204. The van der Waals surface area contributed by atoms with E-state index in [1.807, 2.05) is 6.07 Å². The molecule has 0 radical (unpaired) electrons. The van der Waals surface area contributed by atoms with Gasteiger partial charge >= 0.3 is 0 Å². The second-order valence-corrected chi connectivity index (χ2v) is 5.63. The van der Waals surface area contributed by atoms with Crippen molar-refractivity contribution >= 4 is 15.9 Å². The lowest BCUT2D eigenvalue weighted by atomic mass is 9.76. The third-order valence-electron chi connectivity index (χ3n) is 3.82. The average molecular weight is 284 g/mol. The van der Waals surface area contributed by atoms with Gasteiger partial charge in [0.15, 0.2) is 0 Å². The third-order valence-corrected chi connectivity index (χ3v) is 4.46. The van der Waals surface area contributed by atoms with Crippen molar-refractivity contribution in [1.82, 2.24) is 0 Å². The van der Waals surface area contributed by atoms with Crippen LogP contribution in [-0.2, 0) is 5.41 Å². The Kier molecular flexibility index (Phi) is 3.27. The van der Waals surface area contributed by atoms with Crippen LogP contribution in [0.5, 0.6) is 5.75 Å². The van der Waals surface area contributed by atoms with E-state index in [9.17, 15) is 5.11 Å². The second kappa shape index (κ2) is 4.38. The van der Waals surface area contributed by atoms with Gasteiger partial charge in [-0.25, -0.2) is 0 Å². The zero-order chi connectivity index (χ0) is 11.8. The molecule has 0 unspecified atom stereocenters. The first kappa shape index (κ1) is 11.9. The summed E-state index contributed by atoms with van der Waals surface area (Å²) in [5.41, 5.74) is 8.16. The van der Waals surface area contributed by atoms with Gasteiger partial charge in [-0.1, -0.05) is 18.9 Å². The van der Waals surface area contributed by atoms with E-state index >= 15 is 0 Å². The van der Waals surface area contributed by atoms with Crippen molar-refractivity contribution in [3.8, 4) is 5.75 Å². The Morgan fingerprint density at radius 1 is 1.38 bits per heavy atom. The van der Waals surface area contributed by atoms with Gasteiger partial charge in [0.05, 0.1) is 4.47 Å². The number of halogens is 1. The van der Waals surface area contributed by atoms with E-state index in [4.69, 9.17) is 5.73 Å². The number of hydrogen-bond donors (Lipinski definition) is 2. The summed E-state index contributed by atoms with van der Waals surface area (Å²) in [5, 5.41) is 10.2. The molecule has 1 fully saturated rings. The fourth-order valence-corrected chi connectivity index (χ4v) is 3.27. The molecule has 2 rings (SSSR count). The topological polar surface area (TPSA) is 46.2 Å². The maximum atomic E-state index is 10.2. The standard InChI is InChI=1S/C13H18BrNO/c1-9-4-5-10(14)12(16)11(9)13(8-15)6-2-3-7-13/h4-5,16H,2-3,6-8,15H2,1H3. The first-order valence-electron chi connectivity index (χ1n) is 5.79. The Balaban J connectivity index is 2.57. The molecule has 2 nitrogen and oxygen atoms in total. The fourth-order valence-electron chi connectivity index (χ4n) is 2.94. The SMILES string of the molecule is Cc1ccc(Br)c(O)c1C1(CN)CCCC1. The van der Waals surface area contributed by atoms with Crippen LogP contribution in [0.2, 0.25) is 0 Å². The Morgan fingerprint density at radius 2 is 2.00 bits per heavy atom. The normalized spacial score (nSPS) is 18.9. The molecule has 1 aromatic carbocycles. The molecule has 3 heteroatoms. The number of benzene rings is 1. The van der Waals surface area contributed by atoms with Crippen molar-refractivity contribution in [2.24, 2.45) is 5.73 Å². The van der Waals surface area contributed by atoms with E-state index in [0.717, 1.165) is 28.4 Å². The number of phenols is 1. The molecule has 0 saturated heterocycles. The van der Waals surface area contributed by atoms with Crippen molar-refractivity contribution in [3.05, 3.63) is 27.7 Å². The van der Waals surface area contributed by atoms with E-state index in [2.05, 4.69) is 28.9 Å². The zero-order valence-corrected chi connectivity index (χ0v) is 11.2. The molecule has 0 spiro atoms. The zero-order valence-electron chi connectivity index (χ0n) is 9.59. The Labute approximate surface area is 105 Å². The van der Waals surface area contributed by atoms with Crippen LogP contribution in [0.1, 0.15) is 36.8 Å². The molecule has 0 atom stereocenters. The maximum absolute atomic E-state index is 10.2. The molecule has 1 saturated carbocycles. The minimum Gasteiger partial charge on any atom is -0.506 e. The van der Waals surface area contributed by atoms with Gasteiger partial charge in [0.2, 0.25) is 0 Å². The molecule has 0 amide bonds. The van der Waals surface area contributed by atoms with Crippen LogP contribution < -0.4 is 5.73 Å². The van der Waals surface area contributed by atoms with Gasteiger partial charge < -0.3 is 10.8 Å². The highest BCUT2D eigenvalue weighted by molar-refractivity contribution is 9.10. The number of phenolic OH excluding ortho intramolecular Hbond substituents is 1. The summed E-state index contributed by atoms with van der Waals surface area (Å²) in [4.78, 5) is 0. The molecule has 0 heterocycles. The van der Waals surface area contributed by atoms with Crippen molar-refractivity contribution in [2.75, 3.05) is 6.54 Å². The van der Waals surface area contributed by atoms with Gasteiger partial charge in [-0.15, -0.1) is 0 Å². The van der Waals surface area contributed by atoms with Gasteiger partial charge in [0.1, 0.15) is 5.75 Å². The quantitative estimate of drug-likeness (QED) is 0.875. The van der Waals surface area contributed by atoms with Gasteiger partial charge in [-0.3, -0.25) is 0 Å². The van der Waals surface area contributed by atoms with Crippen molar-refractivity contribution in [3.63, 3.8) is 0 Å². The summed E-state index contributed by atoms with van der Waals surface area (Å²) in [6, 6.07) is 3.95. The van der Waals surface area contributed by atoms with Gasteiger partial charge in [0, 0.05) is 17.5 Å². The van der Waals surface area contributed by atoms with Crippen LogP contribution in [0.4, 0.5) is 0 Å². The Morgan fingerprint density at radius 3 is 2.56 bits per heavy atom. The smallest absolute Gasteiger partial charge is 0.133 e. The van der Waals surface area contributed by atoms with E-state index in [0.29, 0.717) is 12.3 Å². The number of aryl methyl sites for hydroxylation is 1.